The second kappa shape index (κ2) is 10.4. The van der Waals surface area contributed by atoms with E-state index in [1.54, 1.807) is 6.07 Å². The van der Waals surface area contributed by atoms with Crippen molar-refractivity contribution in [3.8, 4) is 11.6 Å². The van der Waals surface area contributed by atoms with Gasteiger partial charge in [-0.05, 0) is 48.9 Å². The van der Waals surface area contributed by atoms with Crippen LogP contribution in [0.4, 0.5) is 5.95 Å². The van der Waals surface area contributed by atoms with Gasteiger partial charge in [0, 0.05) is 17.2 Å². The third-order valence-electron chi connectivity index (χ3n) is 5.73. The SMILES string of the molecule is CCC(CC)Oc1cc(C)c2n[n+](CC(=O)c3cc(OCCO)cc(C(C)(C)C)c3)c(N)n2n1. The van der Waals surface area contributed by atoms with E-state index < -0.39 is 0 Å². The molecule has 0 saturated carbocycles. The average Bonchev–Trinajstić information content (AvgIpc) is 3.11. The summed E-state index contributed by atoms with van der Waals surface area (Å²) in [6.45, 7) is 12.2. The maximum atomic E-state index is 13.2. The number of hydrogen-bond acceptors (Lipinski definition) is 7. The molecule has 0 unspecified atom stereocenters. The Bertz CT molecular complexity index is 1160. The molecular weight excluding hydrogens is 434 g/mol. The number of aryl methyl sites for hydroxylation is 1. The van der Waals surface area contributed by atoms with Crippen molar-refractivity contribution in [2.45, 2.75) is 72.4 Å². The van der Waals surface area contributed by atoms with Crippen LogP contribution in [0.15, 0.2) is 24.3 Å². The van der Waals surface area contributed by atoms with E-state index in [1.807, 2.05) is 25.1 Å². The number of aliphatic hydroxyl groups excluding tert-OH is 1. The standard InChI is InChI=1S/C25H35N5O4/c1-7-19(8-2)34-22-11-16(3)23-28-29(24(26)30(23)27-22)15-21(32)17-12-18(25(4,5)6)14-20(13-17)33-10-9-31/h11-14,19,26,31H,7-10,15H2,1-6H3/p+1. The minimum absolute atomic E-state index is 0.0512. The van der Waals surface area contributed by atoms with Crippen LogP contribution in [-0.2, 0) is 12.0 Å². The molecule has 0 aliphatic rings. The van der Waals surface area contributed by atoms with Gasteiger partial charge in [0.15, 0.2) is 12.3 Å². The van der Waals surface area contributed by atoms with E-state index in [4.69, 9.17) is 20.3 Å². The number of fused-ring (bicyclic) bond motifs is 1. The topological polar surface area (TPSA) is 116 Å². The molecule has 2 heterocycles. The summed E-state index contributed by atoms with van der Waals surface area (Å²) in [5.74, 6) is 1.10. The van der Waals surface area contributed by atoms with Gasteiger partial charge in [-0.3, -0.25) is 10.5 Å². The predicted molar refractivity (Wildman–Crippen MR) is 129 cm³/mol. The molecule has 0 atom stereocenters. The summed E-state index contributed by atoms with van der Waals surface area (Å²) in [6, 6.07) is 7.29. The quantitative estimate of drug-likeness (QED) is 0.346. The number of nitrogen functional groups attached to an aromatic ring is 1. The van der Waals surface area contributed by atoms with Crippen LogP contribution < -0.4 is 19.9 Å². The zero-order valence-corrected chi connectivity index (χ0v) is 21.0. The molecular formula is C25H36N5O4+. The van der Waals surface area contributed by atoms with E-state index in [1.165, 1.54) is 9.20 Å². The molecule has 0 bridgehead atoms. The number of aromatic nitrogens is 4. The van der Waals surface area contributed by atoms with Crippen molar-refractivity contribution in [3.05, 3.63) is 41.0 Å². The maximum Gasteiger partial charge on any atom is 0.401 e. The zero-order valence-electron chi connectivity index (χ0n) is 21.0. The zero-order chi connectivity index (χ0) is 25.0. The Morgan fingerprint density at radius 3 is 2.53 bits per heavy atom. The van der Waals surface area contributed by atoms with Crippen LogP contribution in [0, 0.1) is 6.92 Å². The van der Waals surface area contributed by atoms with Gasteiger partial charge in [-0.2, -0.15) is 0 Å². The highest BCUT2D eigenvalue weighted by atomic mass is 16.5. The number of carbonyl (C=O) groups excluding carboxylic acids is 1. The van der Waals surface area contributed by atoms with Crippen LogP contribution in [0.1, 0.15) is 68.9 Å². The van der Waals surface area contributed by atoms with Crippen LogP contribution in [0.25, 0.3) is 5.65 Å². The Hall–Kier alpha value is -3.20. The first kappa shape index (κ1) is 25.4. The molecule has 2 aromatic heterocycles. The van der Waals surface area contributed by atoms with Gasteiger partial charge in [0.05, 0.1) is 6.61 Å². The lowest BCUT2D eigenvalue weighted by Gasteiger charge is -2.21. The van der Waals surface area contributed by atoms with Gasteiger partial charge in [0.25, 0.3) is 5.65 Å². The number of ether oxygens (including phenoxy) is 2. The third-order valence-corrected chi connectivity index (χ3v) is 5.73. The summed E-state index contributed by atoms with van der Waals surface area (Å²) in [4.78, 5) is 13.2. The highest BCUT2D eigenvalue weighted by Crippen LogP contribution is 2.28. The van der Waals surface area contributed by atoms with Gasteiger partial charge >= 0.3 is 5.95 Å². The fraction of sp³-hybridized carbons (Fsp3) is 0.520. The van der Waals surface area contributed by atoms with Gasteiger partial charge in [0.2, 0.25) is 5.88 Å². The molecule has 184 valence electrons. The van der Waals surface area contributed by atoms with Gasteiger partial charge in [-0.15, -0.1) is 4.68 Å². The number of aliphatic hydroxyl groups is 1. The summed E-state index contributed by atoms with van der Waals surface area (Å²) in [7, 11) is 0. The lowest BCUT2D eigenvalue weighted by molar-refractivity contribution is -0.723. The molecule has 3 aromatic rings. The molecule has 3 rings (SSSR count). The van der Waals surface area contributed by atoms with E-state index in [9.17, 15) is 4.79 Å². The molecule has 0 radical (unpaired) electrons. The first-order chi connectivity index (χ1) is 16.1. The first-order valence-electron chi connectivity index (χ1n) is 11.7. The van der Waals surface area contributed by atoms with Crippen LogP contribution in [-0.4, -0.2) is 44.9 Å². The van der Waals surface area contributed by atoms with Gasteiger partial charge in [-0.25, -0.2) is 0 Å². The molecule has 9 nitrogen and oxygen atoms in total. The monoisotopic (exact) mass is 470 g/mol. The largest absolute Gasteiger partial charge is 0.491 e. The molecule has 0 saturated heterocycles. The van der Waals surface area contributed by atoms with Crippen molar-refractivity contribution in [2.24, 2.45) is 0 Å². The van der Waals surface area contributed by atoms with Crippen molar-refractivity contribution >= 4 is 17.4 Å². The molecule has 9 heteroatoms. The van der Waals surface area contributed by atoms with E-state index in [-0.39, 0.29) is 43.0 Å². The summed E-state index contributed by atoms with van der Waals surface area (Å²) >= 11 is 0. The molecule has 34 heavy (non-hydrogen) atoms. The van der Waals surface area contributed by atoms with E-state index in [0.29, 0.717) is 22.8 Å². The minimum Gasteiger partial charge on any atom is -0.491 e. The highest BCUT2D eigenvalue weighted by Gasteiger charge is 2.25. The van der Waals surface area contributed by atoms with Crippen LogP contribution in [0.2, 0.25) is 0 Å². The summed E-state index contributed by atoms with van der Waals surface area (Å²) in [5.41, 5.74) is 9.02. The molecule has 3 N–H and O–H groups in total. The first-order valence-corrected chi connectivity index (χ1v) is 11.7. The fourth-order valence-electron chi connectivity index (χ4n) is 3.61. The number of nitrogens with zero attached hydrogens (tertiary/aromatic N) is 4. The van der Waals surface area contributed by atoms with Crippen molar-refractivity contribution in [2.75, 3.05) is 18.9 Å². The molecule has 0 fully saturated rings. The Labute approximate surface area is 200 Å². The van der Waals surface area contributed by atoms with Crippen LogP contribution in [0.5, 0.6) is 11.6 Å². The number of anilines is 1. The molecule has 0 aliphatic heterocycles. The highest BCUT2D eigenvalue weighted by molar-refractivity contribution is 5.95. The third kappa shape index (κ3) is 5.64. The minimum atomic E-state index is -0.185. The lowest BCUT2D eigenvalue weighted by atomic mass is 9.85. The van der Waals surface area contributed by atoms with Gasteiger partial charge in [0.1, 0.15) is 18.5 Å². The second-order valence-electron chi connectivity index (χ2n) is 9.46. The van der Waals surface area contributed by atoms with E-state index in [2.05, 4.69) is 44.8 Å². The van der Waals surface area contributed by atoms with E-state index in [0.717, 1.165) is 24.0 Å². The summed E-state index contributed by atoms with van der Waals surface area (Å²) in [5, 5.41) is 18.1. The van der Waals surface area contributed by atoms with Crippen LogP contribution >= 0.6 is 0 Å². The molecule has 1 aromatic carbocycles. The molecule has 0 spiro atoms. The van der Waals surface area contributed by atoms with Crippen molar-refractivity contribution in [1.82, 2.24) is 14.7 Å². The Morgan fingerprint density at radius 1 is 1.21 bits per heavy atom. The number of Topliss-reactive ketones (excluding diaryl/α,β-unsaturated/α-hetero) is 1. The smallest absolute Gasteiger partial charge is 0.401 e. The summed E-state index contributed by atoms with van der Waals surface area (Å²) < 4.78 is 14.6. The molecule has 0 aliphatic carbocycles. The number of carbonyl (C=O) groups is 1. The summed E-state index contributed by atoms with van der Waals surface area (Å²) in [6.07, 6.45) is 1.82. The Kier molecular flexibility index (Phi) is 7.76. The van der Waals surface area contributed by atoms with Gasteiger partial charge in [-0.1, -0.05) is 49.3 Å². The molecule has 0 amide bonds. The van der Waals surface area contributed by atoms with Crippen molar-refractivity contribution < 1.29 is 24.1 Å². The number of ketones is 1. The number of benzene rings is 1. The number of nitrogens with two attached hydrogens (primary N) is 1. The number of hydrogen-bond donors (Lipinski definition) is 2. The normalized spacial score (nSPS) is 11.9. The fourth-order valence-corrected chi connectivity index (χ4v) is 3.61. The van der Waals surface area contributed by atoms with Crippen molar-refractivity contribution in [3.63, 3.8) is 0 Å². The average molecular weight is 471 g/mol. The van der Waals surface area contributed by atoms with Crippen molar-refractivity contribution in [1.29, 1.82) is 0 Å². The number of rotatable bonds is 10. The van der Waals surface area contributed by atoms with Crippen LogP contribution in [0.3, 0.4) is 0 Å². The van der Waals surface area contributed by atoms with Gasteiger partial charge < -0.3 is 14.6 Å². The predicted octanol–water partition coefficient (Wildman–Crippen LogP) is 3.03. The Morgan fingerprint density at radius 2 is 1.91 bits per heavy atom. The Balaban J connectivity index is 1.94. The second-order valence-corrected chi connectivity index (χ2v) is 9.46. The lowest BCUT2D eigenvalue weighted by Crippen LogP contribution is -2.42. The van der Waals surface area contributed by atoms with E-state index >= 15 is 0 Å². The maximum absolute atomic E-state index is 13.2.